The number of benzene rings is 2. The predicted octanol–water partition coefficient (Wildman–Crippen LogP) is 2.73. The molecule has 2 atom stereocenters. The molecule has 3 heterocycles. The molecule has 176 valence electrons. The van der Waals surface area contributed by atoms with Crippen molar-refractivity contribution in [3.63, 3.8) is 0 Å². The van der Waals surface area contributed by atoms with Crippen LogP contribution >= 0.6 is 0 Å². The maximum Gasteiger partial charge on any atom is 0.265 e. The van der Waals surface area contributed by atoms with E-state index in [1.54, 1.807) is 9.80 Å². The number of primary amides is 1. The molecule has 3 aliphatic rings. The number of aryl methyl sites for hydroxylation is 1. The zero-order valence-corrected chi connectivity index (χ0v) is 18.9. The molecule has 0 aromatic heterocycles. The summed E-state index contributed by atoms with van der Waals surface area (Å²) in [5.41, 5.74) is 8.71. The van der Waals surface area contributed by atoms with E-state index in [0.29, 0.717) is 31.6 Å². The van der Waals surface area contributed by atoms with Gasteiger partial charge >= 0.3 is 0 Å². The highest BCUT2D eigenvalue weighted by atomic mass is 19.1. The number of rotatable bonds is 4. The van der Waals surface area contributed by atoms with E-state index < -0.39 is 23.7 Å². The Hall–Kier alpha value is -3.75. The molecule has 2 aromatic rings. The molecule has 2 N–H and O–H groups in total. The van der Waals surface area contributed by atoms with Crippen LogP contribution in [0.3, 0.4) is 0 Å². The third-order valence-corrected chi connectivity index (χ3v) is 6.84. The summed E-state index contributed by atoms with van der Waals surface area (Å²) in [6.07, 6.45) is 2.95. The Morgan fingerprint density at radius 3 is 2.44 bits per heavy atom. The van der Waals surface area contributed by atoms with Gasteiger partial charge in [0.2, 0.25) is 5.91 Å². The van der Waals surface area contributed by atoms with E-state index in [0.717, 1.165) is 29.8 Å². The molecule has 0 radical (unpaired) electrons. The number of anilines is 3. The fourth-order valence-corrected chi connectivity index (χ4v) is 5.15. The Morgan fingerprint density at radius 1 is 1.03 bits per heavy atom. The molecule has 2 fully saturated rings. The molecule has 3 amide bonds. The lowest BCUT2D eigenvalue weighted by molar-refractivity contribution is -0.121. The largest absolute Gasteiger partial charge is 0.364 e. The van der Waals surface area contributed by atoms with Crippen LogP contribution in [0.4, 0.5) is 21.5 Å². The molecule has 0 spiro atoms. The van der Waals surface area contributed by atoms with Crippen LogP contribution in [0.25, 0.3) is 0 Å². The first kappa shape index (κ1) is 22.1. The maximum atomic E-state index is 13.7. The van der Waals surface area contributed by atoms with Crippen molar-refractivity contribution in [3.05, 3.63) is 53.8 Å². The van der Waals surface area contributed by atoms with E-state index in [1.807, 2.05) is 25.1 Å². The van der Waals surface area contributed by atoms with Gasteiger partial charge in [0.1, 0.15) is 17.6 Å². The summed E-state index contributed by atoms with van der Waals surface area (Å²) in [4.78, 5) is 41.6. The molecule has 2 aromatic carbocycles. The van der Waals surface area contributed by atoms with Crippen molar-refractivity contribution in [2.75, 3.05) is 27.9 Å². The molecular formula is C25H26FN5O3. The number of hydrogen-bond donors (Lipinski definition) is 1. The van der Waals surface area contributed by atoms with Crippen LogP contribution in [0.2, 0.25) is 0 Å². The van der Waals surface area contributed by atoms with Crippen LogP contribution in [0, 0.1) is 18.7 Å². The summed E-state index contributed by atoms with van der Waals surface area (Å²) in [6, 6.07) is 10.6. The van der Waals surface area contributed by atoms with Gasteiger partial charge in [-0.05, 0) is 74.2 Å². The molecule has 0 saturated carbocycles. The minimum Gasteiger partial charge on any atom is -0.364 e. The van der Waals surface area contributed by atoms with Gasteiger partial charge in [0.15, 0.2) is 0 Å². The minimum atomic E-state index is -0.746. The first-order chi connectivity index (χ1) is 16.3. The highest BCUT2D eigenvalue weighted by Gasteiger charge is 2.49. The Balaban J connectivity index is 1.45. The Kier molecular flexibility index (Phi) is 5.55. The lowest BCUT2D eigenvalue weighted by Crippen LogP contribution is -2.55. The molecule has 2 saturated heterocycles. The van der Waals surface area contributed by atoms with Crippen LogP contribution in [0.1, 0.15) is 31.2 Å². The molecule has 2 unspecified atom stereocenters. The lowest BCUT2D eigenvalue weighted by Gasteiger charge is -2.38. The van der Waals surface area contributed by atoms with E-state index in [1.165, 1.54) is 29.3 Å². The number of carbonyl (C=O) groups is 3. The van der Waals surface area contributed by atoms with Crippen molar-refractivity contribution in [3.8, 4) is 0 Å². The fourth-order valence-electron chi connectivity index (χ4n) is 5.15. The number of halogens is 1. The van der Waals surface area contributed by atoms with Gasteiger partial charge in [0, 0.05) is 36.8 Å². The van der Waals surface area contributed by atoms with Crippen molar-refractivity contribution >= 4 is 40.5 Å². The summed E-state index contributed by atoms with van der Waals surface area (Å²) in [5.74, 6) is -1.58. The summed E-state index contributed by atoms with van der Waals surface area (Å²) in [6.45, 7) is 3.03. The van der Waals surface area contributed by atoms with Gasteiger partial charge in [-0.25, -0.2) is 4.39 Å². The van der Waals surface area contributed by atoms with Gasteiger partial charge < -0.3 is 15.5 Å². The number of hydrogen-bond acceptors (Lipinski definition) is 5. The maximum absolute atomic E-state index is 13.7. The topological polar surface area (TPSA) is 99.3 Å². The van der Waals surface area contributed by atoms with E-state index >= 15 is 0 Å². The number of carbonyl (C=O) groups excluding carboxylic acids is 3. The summed E-state index contributed by atoms with van der Waals surface area (Å²) in [7, 11) is 0. The highest BCUT2D eigenvalue weighted by molar-refractivity contribution is 6.41. The number of nitrogens with zero attached hydrogens (tertiary/aromatic N) is 4. The van der Waals surface area contributed by atoms with Crippen LogP contribution < -0.4 is 20.5 Å². The predicted molar refractivity (Wildman–Crippen MR) is 127 cm³/mol. The molecule has 0 aliphatic carbocycles. The zero-order valence-electron chi connectivity index (χ0n) is 18.9. The quantitative estimate of drug-likeness (QED) is 0.754. The van der Waals surface area contributed by atoms with Gasteiger partial charge in [-0.15, -0.1) is 0 Å². The number of piperidine rings is 2. The van der Waals surface area contributed by atoms with Gasteiger partial charge in [0.25, 0.3) is 11.8 Å². The van der Waals surface area contributed by atoms with E-state index in [4.69, 9.17) is 5.73 Å². The molecule has 8 nitrogen and oxygen atoms in total. The van der Waals surface area contributed by atoms with Crippen LogP contribution in [0.5, 0.6) is 0 Å². The minimum absolute atomic E-state index is 0.118. The van der Waals surface area contributed by atoms with Gasteiger partial charge in [-0.3, -0.25) is 19.4 Å². The summed E-state index contributed by atoms with van der Waals surface area (Å²) < 4.78 is 13.5. The third kappa shape index (κ3) is 3.70. The van der Waals surface area contributed by atoms with E-state index in [9.17, 15) is 18.8 Å². The van der Waals surface area contributed by atoms with Crippen molar-refractivity contribution < 1.29 is 18.8 Å². The molecule has 9 heteroatoms. The standard InChI is InChI=1S/C25H26FN5O3/c1-15-14-18(29-12-3-2-4-21(29)32)9-10-20(15)30-13-11-19-22(24(27)33)28-31(23(19)25(30)34)17-7-5-16(26)6-8-17/h5-10,14,19,23H,2-4,11-13H2,1H3,(H2,27,33). The second kappa shape index (κ2) is 8.55. The van der Waals surface area contributed by atoms with Crippen molar-refractivity contribution in [2.24, 2.45) is 16.8 Å². The number of fused-ring (bicyclic) bond motifs is 1. The average Bonchev–Trinajstić information content (AvgIpc) is 3.21. The number of nitrogens with two attached hydrogens (primary N) is 1. The number of hydrazone groups is 1. The van der Waals surface area contributed by atoms with Crippen molar-refractivity contribution in [1.82, 2.24) is 0 Å². The Morgan fingerprint density at radius 2 is 1.76 bits per heavy atom. The van der Waals surface area contributed by atoms with E-state index in [-0.39, 0.29) is 17.5 Å². The van der Waals surface area contributed by atoms with Gasteiger partial charge in [0.05, 0.1) is 5.69 Å². The second-order valence-corrected chi connectivity index (χ2v) is 8.97. The van der Waals surface area contributed by atoms with Crippen molar-refractivity contribution in [1.29, 1.82) is 0 Å². The SMILES string of the molecule is Cc1cc(N2CCCCC2=O)ccc1N1CCC2C(C(N)=O)=NN(c3ccc(F)cc3)C2C1=O. The Labute approximate surface area is 196 Å². The fraction of sp³-hybridized carbons (Fsp3) is 0.360. The Bertz CT molecular complexity index is 1200. The first-order valence-electron chi connectivity index (χ1n) is 11.5. The van der Waals surface area contributed by atoms with Gasteiger partial charge in [-0.1, -0.05) is 0 Å². The second-order valence-electron chi connectivity index (χ2n) is 8.97. The van der Waals surface area contributed by atoms with Gasteiger partial charge in [-0.2, -0.15) is 5.10 Å². The normalized spacial score (nSPS) is 22.6. The third-order valence-electron chi connectivity index (χ3n) is 6.84. The molecule has 3 aliphatic heterocycles. The molecule has 5 rings (SSSR count). The van der Waals surface area contributed by atoms with Crippen molar-refractivity contribution in [2.45, 2.75) is 38.6 Å². The van der Waals surface area contributed by atoms with Crippen LogP contribution in [-0.2, 0) is 14.4 Å². The van der Waals surface area contributed by atoms with Crippen LogP contribution in [-0.4, -0.2) is 42.6 Å². The molecule has 0 bridgehead atoms. The average molecular weight is 464 g/mol. The highest BCUT2D eigenvalue weighted by Crippen LogP contribution is 2.38. The summed E-state index contributed by atoms with van der Waals surface area (Å²) >= 11 is 0. The first-order valence-corrected chi connectivity index (χ1v) is 11.5. The summed E-state index contributed by atoms with van der Waals surface area (Å²) in [5, 5.41) is 5.86. The smallest absolute Gasteiger partial charge is 0.265 e. The zero-order chi connectivity index (χ0) is 24.0. The monoisotopic (exact) mass is 463 g/mol. The lowest BCUT2D eigenvalue weighted by atomic mass is 9.86. The van der Waals surface area contributed by atoms with Crippen LogP contribution in [0.15, 0.2) is 47.6 Å². The number of amides is 3. The molecular weight excluding hydrogens is 437 g/mol. The molecule has 34 heavy (non-hydrogen) atoms. The van der Waals surface area contributed by atoms with E-state index in [2.05, 4.69) is 5.10 Å².